The van der Waals surface area contributed by atoms with Crippen molar-refractivity contribution in [3.05, 3.63) is 129 Å². The Morgan fingerprint density at radius 1 is 0.976 bits per heavy atom. The molecule has 0 spiro atoms. The molecule has 1 unspecified atom stereocenters. The fraction of sp³-hybridized carbons (Fsp3) is 0.129. The highest BCUT2D eigenvalue weighted by atomic mass is 35.5. The van der Waals surface area contributed by atoms with E-state index in [9.17, 15) is 5.11 Å². The molecule has 0 aliphatic heterocycles. The van der Waals surface area contributed by atoms with Gasteiger partial charge < -0.3 is 15.0 Å². The smallest absolute Gasteiger partial charge is 0.274 e. The maximum absolute atomic E-state index is 12.7. The van der Waals surface area contributed by atoms with E-state index in [1.54, 1.807) is 28.4 Å². The van der Waals surface area contributed by atoms with E-state index < -0.39 is 5.60 Å². The van der Waals surface area contributed by atoms with Crippen LogP contribution in [0.25, 0.3) is 27.9 Å². The Hall–Kier alpha value is -4.48. The van der Waals surface area contributed by atoms with Crippen molar-refractivity contribution in [2.75, 3.05) is 0 Å². The molecule has 1 atom stereocenters. The number of tetrazole rings is 1. The van der Waals surface area contributed by atoms with Crippen molar-refractivity contribution in [3.63, 3.8) is 0 Å². The summed E-state index contributed by atoms with van der Waals surface area (Å²) in [4.78, 5) is 10.4. The Balaban J connectivity index is 1.35. The van der Waals surface area contributed by atoms with Crippen LogP contribution in [0.3, 0.4) is 0 Å². The summed E-state index contributed by atoms with van der Waals surface area (Å²) < 4.78 is 3.43. The van der Waals surface area contributed by atoms with Crippen molar-refractivity contribution >= 4 is 39.6 Å². The van der Waals surface area contributed by atoms with Gasteiger partial charge in [-0.2, -0.15) is 4.52 Å². The van der Waals surface area contributed by atoms with Gasteiger partial charge in [-0.05, 0) is 62.8 Å². The number of nitrogens with one attached hydrogen (secondary N) is 1. The number of aryl methyl sites for hydroxylation is 1. The highest BCUT2D eigenvalue weighted by Gasteiger charge is 2.37. The zero-order valence-corrected chi connectivity index (χ0v) is 24.1. The van der Waals surface area contributed by atoms with E-state index in [2.05, 4.69) is 43.3 Å². The van der Waals surface area contributed by atoms with E-state index in [0.29, 0.717) is 33.3 Å². The van der Waals surface area contributed by atoms with Crippen molar-refractivity contribution in [3.8, 4) is 11.3 Å². The standard InChI is InChI=1S/C31H25ClN8OS/c1-39-19-34-18-28(39)31(41,22-9-7-20(8-10-22)16-33-17-25-6-3-13-42-25)23-11-12-27-26(15-23)29(21-4-2-5-24(32)14-21)35-30-36-37-38-40(27)30/h2-15,18-19,33,41H,16-17H2,1H3. The number of hydrogen-bond donors (Lipinski definition) is 2. The number of rotatable bonds is 8. The lowest BCUT2D eigenvalue weighted by atomic mass is 9.82. The Labute approximate surface area is 250 Å². The molecule has 42 heavy (non-hydrogen) atoms. The van der Waals surface area contributed by atoms with Crippen molar-refractivity contribution < 1.29 is 5.11 Å². The zero-order chi connectivity index (χ0) is 28.7. The average Bonchev–Trinajstić information content (AvgIpc) is 3.79. The van der Waals surface area contributed by atoms with E-state index in [-0.39, 0.29) is 0 Å². The van der Waals surface area contributed by atoms with Crippen LogP contribution in [0.4, 0.5) is 0 Å². The van der Waals surface area contributed by atoms with Crippen molar-refractivity contribution in [2.45, 2.75) is 18.7 Å². The molecule has 0 saturated heterocycles. The first-order valence-corrected chi connectivity index (χ1v) is 14.6. The average molecular weight is 593 g/mol. The Morgan fingerprint density at radius 2 is 1.83 bits per heavy atom. The molecule has 3 aromatic carbocycles. The molecule has 9 nitrogen and oxygen atoms in total. The summed E-state index contributed by atoms with van der Waals surface area (Å²) in [5, 5.41) is 31.7. The largest absolute Gasteiger partial charge is 0.374 e. The van der Waals surface area contributed by atoms with Gasteiger partial charge in [-0.3, -0.25) is 0 Å². The molecular formula is C31H25ClN8OS. The summed E-state index contributed by atoms with van der Waals surface area (Å²) in [5.41, 5.74) is 3.84. The molecular weight excluding hydrogens is 568 g/mol. The number of aliphatic hydroxyl groups is 1. The molecule has 0 radical (unpaired) electrons. The minimum Gasteiger partial charge on any atom is -0.374 e. The predicted molar refractivity (Wildman–Crippen MR) is 163 cm³/mol. The number of fused-ring (bicyclic) bond motifs is 3. The van der Waals surface area contributed by atoms with E-state index in [4.69, 9.17) is 16.6 Å². The summed E-state index contributed by atoms with van der Waals surface area (Å²) in [7, 11) is 1.88. The summed E-state index contributed by atoms with van der Waals surface area (Å²) >= 11 is 8.09. The third-order valence-corrected chi connectivity index (χ3v) is 8.54. The quantitative estimate of drug-likeness (QED) is 0.245. The predicted octanol–water partition coefficient (Wildman–Crippen LogP) is 5.36. The molecule has 7 rings (SSSR count). The third-order valence-electron chi connectivity index (χ3n) is 7.43. The first-order chi connectivity index (χ1) is 20.5. The van der Waals surface area contributed by atoms with Crippen LogP contribution in [-0.2, 0) is 25.7 Å². The van der Waals surface area contributed by atoms with E-state index >= 15 is 0 Å². The monoisotopic (exact) mass is 592 g/mol. The van der Waals surface area contributed by atoms with Crippen LogP contribution in [0.1, 0.15) is 27.3 Å². The second kappa shape index (κ2) is 10.7. The second-order valence-electron chi connectivity index (χ2n) is 10.1. The number of nitrogens with zero attached hydrogens (tertiary/aromatic N) is 7. The van der Waals surface area contributed by atoms with Gasteiger partial charge >= 0.3 is 0 Å². The lowest BCUT2D eigenvalue weighted by molar-refractivity contribution is 0.117. The highest BCUT2D eigenvalue weighted by Crippen LogP contribution is 2.39. The first kappa shape index (κ1) is 26.4. The SMILES string of the molecule is Cn1cncc1C(O)(c1ccc(CNCc2cccs2)cc1)c1ccc2c(c1)c(-c1cccc(Cl)c1)nc1nnnn12. The second-order valence-corrected chi connectivity index (χ2v) is 11.5. The molecule has 208 valence electrons. The highest BCUT2D eigenvalue weighted by molar-refractivity contribution is 7.09. The van der Waals surface area contributed by atoms with Crippen molar-refractivity contribution in [1.29, 1.82) is 0 Å². The Kier molecular flexibility index (Phi) is 6.75. The number of imidazole rings is 1. The van der Waals surface area contributed by atoms with E-state index in [1.807, 2.05) is 78.3 Å². The van der Waals surface area contributed by atoms with Gasteiger partial charge in [-0.25, -0.2) is 9.97 Å². The number of aromatic nitrogens is 7. The molecule has 0 aliphatic carbocycles. The lowest BCUT2D eigenvalue weighted by Gasteiger charge is -2.30. The first-order valence-electron chi connectivity index (χ1n) is 13.3. The Morgan fingerprint density at radius 3 is 2.60 bits per heavy atom. The van der Waals surface area contributed by atoms with Crippen LogP contribution < -0.4 is 5.32 Å². The number of thiophene rings is 1. The minimum atomic E-state index is -1.51. The minimum absolute atomic E-state index is 0.371. The lowest BCUT2D eigenvalue weighted by Crippen LogP contribution is -2.31. The molecule has 2 N–H and O–H groups in total. The van der Waals surface area contributed by atoms with Gasteiger partial charge in [-0.15, -0.1) is 11.3 Å². The molecule has 7 aromatic rings. The van der Waals surface area contributed by atoms with Crippen LogP contribution in [0.15, 0.2) is 96.8 Å². The van der Waals surface area contributed by atoms with Crippen LogP contribution in [0.2, 0.25) is 5.02 Å². The number of benzene rings is 3. The summed E-state index contributed by atoms with van der Waals surface area (Å²) in [6, 6.07) is 25.5. The molecule has 0 amide bonds. The van der Waals surface area contributed by atoms with Gasteiger partial charge in [0, 0.05) is 41.0 Å². The summed E-state index contributed by atoms with van der Waals surface area (Å²) in [5.74, 6) is 0.371. The van der Waals surface area contributed by atoms with Gasteiger partial charge in [-0.1, -0.05) is 65.2 Å². The maximum atomic E-state index is 12.7. The Bertz CT molecular complexity index is 2020. The van der Waals surface area contributed by atoms with Gasteiger partial charge in [0.2, 0.25) is 0 Å². The number of hydrogen-bond acceptors (Lipinski definition) is 8. The normalized spacial score (nSPS) is 13.1. The third kappa shape index (κ3) is 4.64. The van der Waals surface area contributed by atoms with Gasteiger partial charge in [0.25, 0.3) is 5.78 Å². The molecule has 0 fully saturated rings. The molecule has 4 aromatic heterocycles. The summed E-state index contributed by atoms with van der Waals surface area (Å²) in [6.07, 6.45) is 3.38. The van der Waals surface area contributed by atoms with Crippen molar-refractivity contribution in [2.24, 2.45) is 7.05 Å². The fourth-order valence-corrected chi connectivity index (χ4v) is 6.20. The van der Waals surface area contributed by atoms with E-state index in [0.717, 1.165) is 35.1 Å². The van der Waals surface area contributed by atoms with Crippen LogP contribution in [0.5, 0.6) is 0 Å². The maximum Gasteiger partial charge on any atom is 0.274 e. The fourth-order valence-electron chi connectivity index (χ4n) is 5.33. The summed E-state index contributed by atoms with van der Waals surface area (Å²) in [6.45, 7) is 1.53. The van der Waals surface area contributed by atoms with Crippen LogP contribution in [-0.4, -0.2) is 39.7 Å². The topological polar surface area (TPSA) is 106 Å². The van der Waals surface area contributed by atoms with Crippen LogP contribution >= 0.6 is 22.9 Å². The van der Waals surface area contributed by atoms with Gasteiger partial charge in [0.05, 0.1) is 29.4 Å². The molecule has 0 bridgehead atoms. The van der Waals surface area contributed by atoms with Crippen LogP contribution in [0, 0.1) is 0 Å². The van der Waals surface area contributed by atoms with Crippen molar-refractivity contribution in [1.82, 2.24) is 39.9 Å². The molecule has 0 aliphatic rings. The molecule has 11 heteroatoms. The van der Waals surface area contributed by atoms with Gasteiger partial charge in [0.1, 0.15) is 0 Å². The number of halogens is 1. The zero-order valence-electron chi connectivity index (χ0n) is 22.5. The molecule has 0 saturated carbocycles. The molecule has 4 heterocycles. The van der Waals surface area contributed by atoms with E-state index in [1.165, 1.54) is 4.88 Å². The van der Waals surface area contributed by atoms with Gasteiger partial charge in [0.15, 0.2) is 5.60 Å².